The summed E-state index contributed by atoms with van der Waals surface area (Å²) in [6, 6.07) is 7.49. The monoisotopic (exact) mass is 359 g/mol. The Bertz CT molecular complexity index is 786. The largest absolute Gasteiger partial charge is 0.390 e. The van der Waals surface area contributed by atoms with Gasteiger partial charge in [0.05, 0.1) is 31.1 Å². The van der Waals surface area contributed by atoms with E-state index in [1.54, 1.807) is 0 Å². The number of thiazole rings is 1. The predicted molar refractivity (Wildman–Crippen MR) is 96.2 cm³/mol. The van der Waals surface area contributed by atoms with Crippen molar-refractivity contribution in [2.75, 3.05) is 31.2 Å². The van der Waals surface area contributed by atoms with Crippen LogP contribution in [0.4, 0.5) is 5.13 Å². The van der Waals surface area contributed by atoms with Crippen molar-refractivity contribution in [1.29, 1.82) is 0 Å². The highest BCUT2D eigenvalue weighted by molar-refractivity contribution is 7.17. The maximum atomic E-state index is 12.8. The zero-order valence-electron chi connectivity index (χ0n) is 14.1. The number of ether oxygens (including phenoxy) is 1. The zero-order chi connectivity index (χ0) is 17.4. The summed E-state index contributed by atoms with van der Waals surface area (Å²) >= 11 is 1.41. The van der Waals surface area contributed by atoms with Crippen LogP contribution in [0, 0.1) is 6.92 Å². The topological polar surface area (TPSA) is 74.7 Å². The van der Waals surface area contributed by atoms with E-state index < -0.39 is 6.10 Å². The van der Waals surface area contributed by atoms with E-state index in [0.29, 0.717) is 24.5 Å². The molecule has 1 amide bonds. The van der Waals surface area contributed by atoms with Gasteiger partial charge in [-0.2, -0.15) is 0 Å². The number of morpholine rings is 1. The lowest BCUT2D eigenvalue weighted by atomic mass is 10.1. The number of carbonyl (C=O) groups excluding carboxylic acids is 1. The fourth-order valence-electron chi connectivity index (χ4n) is 3.44. The van der Waals surface area contributed by atoms with Crippen molar-refractivity contribution in [3.05, 3.63) is 46.0 Å². The van der Waals surface area contributed by atoms with E-state index in [4.69, 9.17) is 4.74 Å². The number of nitrogens with one attached hydrogen (secondary N) is 1. The van der Waals surface area contributed by atoms with E-state index in [-0.39, 0.29) is 11.9 Å². The van der Waals surface area contributed by atoms with Crippen molar-refractivity contribution < 1.29 is 14.6 Å². The van der Waals surface area contributed by atoms with Gasteiger partial charge >= 0.3 is 0 Å². The molecule has 0 spiro atoms. The summed E-state index contributed by atoms with van der Waals surface area (Å²) in [4.78, 5) is 20.1. The van der Waals surface area contributed by atoms with Gasteiger partial charge in [0.2, 0.25) is 0 Å². The van der Waals surface area contributed by atoms with Gasteiger partial charge in [0, 0.05) is 19.5 Å². The lowest BCUT2D eigenvalue weighted by Crippen LogP contribution is -2.36. The fourth-order valence-corrected chi connectivity index (χ4v) is 4.46. The van der Waals surface area contributed by atoms with Crippen LogP contribution in [0.1, 0.15) is 32.5 Å². The minimum absolute atomic E-state index is 0.171. The molecule has 1 aromatic carbocycles. The van der Waals surface area contributed by atoms with Gasteiger partial charge in [-0.05, 0) is 18.1 Å². The third-order valence-electron chi connectivity index (χ3n) is 4.76. The Balaban J connectivity index is 1.53. The van der Waals surface area contributed by atoms with Crippen molar-refractivity contribution in [3.63, 3.8) is 0 Å². The first-order valence-electron chi connectivity index (χ1n) is 8.50. The summed E-state index contributed by atoms with van der Waals surface area (Å²) in [6.45, 7) is 4.82. The van der Waals surface area contributed by atoms with Crippen molar-refractivity contribution in [2.45, 2.75) is 25.5 Å². The molecular formula is C18H21N3O3S. The Morgan fingerprint density at radius 3 is 2.92 bits per heavy atom. The van der Waals surface area contributed by atoms with Gasteiger partial charge in [0.1, 0.15) is 4.88 Å². The minimum Gasteiger partial charge on any atom is -0.390 e. The number of hydrogen-bond acceptors (Lipinski definition) is 6. The van der Waals surface area contributed by atoms with Crippen LogP contribution in [0.25, 0.3) is 0 Å². The summed E-state index contributed by atoms with van der Waals surface area (Å²) in [5.74, 6) is -0.171. The Kier molecular flexibility index (Phi) is 4.45. The van der Waals surface area contributed by atoms with Crippen molar-refractivity contribution in [2.24, 2.45) is 0 Å². The molecule has 2 atom stereocenters. The van der Waals surface area contributed by atoms with Crippen LogP contribution in [0.15, 0.2) is 24.3 Å². The number of rotatable bonds is 3. The first kappa shape index (κ1) is 16.5. The summed E-state index contributed by atoms with van der Waals surface area (Å²) in [7, 11) is 0. The molecule has 2 aromatic rings. The third kappa shape index (κ3) is 3.15. The van der Waals surface area contributed by atoms with Gasteiger partial charge in [-0.25, -0.2) is 4.98 Å². The number of anilines is 1. The highest BCUT2D eigenvalue weighted by atomic mass is 32.1. The number of benzene rings is 1. The molecule has 0 radical (unpaired) electrons. The molecule has 0 bridgehead atoms. The molecule has 4 rings (SSSR count). The molecule has 1 fully saturated rings. The van der Waals surface area contributed by atoms with E-state index in [1.165, 1.54) is 11.3 Å². The summed E-state index contributed by atoms with van der Waals surface area (Å²) < 4.78 is 5.37. The lowest BCUT2D eigenvalue weighted by Gasteiger charge is -2.26. The number of aryl methyl sites for hydroxylation is 1. The Morgan fingerprint density at radius 2 is 2.12 bits per heavy atom. The Hall–Kier alpha value is -1.96. The molecule has 2 aliphatic rings. The number of amides is 1. The molecule has 1 aromatic heterocycles. The number of nitrogens with zero attached hydrogens (tertiary/aromatic N) is 2. The van der Waals surface area contributed by atoms with Gasteiger partial charge < -0.3 is 20.1 Å². The van der Waals surface area contributed by atoms with E-state index in [0.717, 1.165) is 35.0 Å². The van der Waals surface area contributed by atoms with Crippen molar-refractivity contribution in [3.8, 4) is 0 Å². The molecule has 0 unspecified atom stereocenters. The molecule has 1 saturated heterocycles. The second-order valence-corrected chi connectivity index (χ2v) is 7.41. The van der Waals surface area contributed by atoms with Crippen LogP contribution in [-0.2, 0) is 11.2 Å². The SMILES string of the molecule is Cc1nc(N2CCOCC2)sc1C(=O)N[C@@H]1c2ccccc2C[C@@H]1O. The third-order valence-corrected chi connectivity index (χ3v) is 5.98. The van der Waals surface area contributed by atoms with Crippen LogP contribution in [0.3, 0.4) is 0 Å². The smallest absolute Gasteiger partial charge is 0.263 e. The second kappa shape index (κ2) is 6.74. The van der Waals surface area contributed by atoms with Gasteiger partial charge in [-0.15, -0.1) is 0 Å². The van der Waals surface area contributed by atoms with Crippen LogP contribution < -0.4 is 10.2 Å². The molecule has 25 heavy (non-hydrogen) atoms. The number of carbonyl (C=O) groups is 1. The van der Waals surface area contributed by atoms with Crippen LogP contribution >= 0.6 is 11.3 Å². The summed E-state index contributed by atoms with van der Waals surface area (Å²) in [5.41, 5.74) is 2.82. The maximum absolute atomic E-state index is 12.8. The highest BCUT2D eigenvalue weighted by Gasteiger charge is 2.33. The number of aliphatic hydroxyl groups excluding tert-OH is 1. The number of hydrogen-bond donors (Lipinski definition) is 2. The van der Waals surface area contributed by atoms with Gasteiger partial charge in [-0.1, -0.05) is 35.6 Å². The van der Waals surface area contributed by atoms with Crippen LogP contribution in [0.2, 0.25) is 0 Å². The maximum Gasteiger partial charge on any atom is 0.263 e. The normalized spacial score (nSPS) is 22.7. The first-order chi connectivity index (χ1) is 12.1. The highest BCUT2D eigenvalue weighted by Crippen LogP contribution is 2.33. The molecule has 1 aliphatic heterocycles. The van der Waals surface area contributed by atoms with Gasteiger partial charge in [0.25, 0.3) is 5.91 Å². The predicted octanol–water partition coefficient (Wildman–Crippen LogP) is 1.68. The Labute approximate surface area is 150 Å². The van der Waals surface area contributed by atoms with Crippen LogP contribution in [0.5, 0.6) is 0 Å². The Morgan fingerprint density at radius 1 is 1.36 bits per heavy atom. The molecular weight excluding hydrogens is 338 g/mol. The number of fused-ring (bicyclic) bond motifs is 1. The van der Waals surface area contributed by atoms with Crippen LogP contribution in [-0.4, -0.2) is 48.4 Å². The molecule has 1 aliphatic carbocycles. The second-order valence-electron chi connectivity index (χ2n) is 6.43. The van der Waals surface area contributed by atoms with E-state index >= 15 is 0 Å². The summed E-state index contributed by atoms with van der Waals surface area (Å²) in [5, 5.41) is 14.2. The molecule has 6 nitrogen and oxygen atoms in total. The average Bonchev–Trinajstić information content (AvgIpc) is 3.16. The molecule has 7 heteroatoms. The molecule has 0 saturated carbocycles. The molecule has 2 heterocycles. The lowest BCUT2D eigenvalue weighted by molar-refractivity contribution is 0.0861. The summed E-state index contributed by atoms with van der Waals surface area (Å²) in [6.07, 6.45) is -0.0183. The van der Waals surface area contributed by atoms with Crippen molar-refractivity contribution in [1.82, 2.24) is 10.3 Å². The standard InChI is InChI=1S/C18H21N3O3S/c1-11-16(25-18(19-11)21-6-8-24-9-7-21)17(23)20-15-13-5-3-2-4-12(13)10-14(15)22/h2-5,14-15,22H,6-10H2,1H3,(H,20,23)/t14-,15+/m0/s1. The molecule has 132 valence electrons. The fraction of sp³-hybridized carbons (Fsp3) is 0.444. The van der Waals surface area contributed by atoms with E-state index in [2.05, 4.69) is 15.2 Å². The quantitative estimate of drug-likeness (QED) is 0.872. The molecule has 2 N–H and O–H groups in total. The van der Waals surface area contributed by atoms with Crippen molar-refractivity contribution >= 4 is 22.4 Å². The zero-order valence-corrected chi connectivity index (χ0v) is 14.9. The van der Waals surface area contributed by atoms with E-state index in [9.17, 15) is 9.90 Å². The first-order valence-corrected chi connectivity index (χ1v) is 9.32. The minimum atomic E-state index is -0.590. The van der Waals surface area contributed by atoms with Gasteiger partial charge in [0.15, 0.2) is 5.13 Å². The number of aromatic nitrogens is 1. The van der Waals surface area contributed by atoms with E-state index in [1.807, 2.05) is 31.2 Å². The average molecular weight is 359 g/mol. The van der Waals surface area contributed by atoms with Gasteiger partial charge in [-0.3, -0.25) is 4.79 Å². The number of aliphatic hydroxyl groups is 1.